The minimum atomic E-state index is -0.328. The molecular formula is C15H10Cl2N2O. The molecule has 0 spiro atoms. The number of rotatable bonds is 3. The van der Waals surface area contributed by atoms with Crippen molar-refractivity contribution in [3.8, 4) is 6.07 Å². The standard InChI is InChI=1S/C15H10Cl2N2O/c16-11-3-6-14(17)13(9-11)15(20)19-12-4-1-10(2-5-12)7-8-18/h1-6,9H,7H2,(H,19,20). The van der Waals surface area contributed by atoms with E-state index < -0.39 is 0 Å². The van der Waals surface area contributed by atoms with E-state index >= 15 is 0 Å². The average Bonchev–Trinajstić information content (AvgIpc) is 2.44. The first-order valence-electron chi connectivity index (χ1n) is 5.82. The molecule has 0 unspecified atom stereocenters. The number of hydrogen-bond donors (Lipinski definition) is 1. The molecule has 2 aromatic rings. The molecule has 0 atom stereocenters. The van der Waals surface area contributed by atoms with Crippen molar-refractivity contribution in [3.63, 3.8) is 0 Å². The zero-order valence-electron chi connectivity index (χ0n) is 10.4. The van der Waals surface area contributed by atoms with E-state index in [1.54, 1.807) is 36.4 Å². The van der Waals surface area contributed by atoms with Crippen LogP contribution in [0.4, 0.5) is 5.69 Å². The van der Waals surface area contributed by atoms with Gasteiger partial charge in [0, 0.05) is 10.7 Å². The number of anilines is 1. The van der Waals surface area contributed by atoms with Gasteiger partial charge >= 0.3 is 0 Å². The highest BCUT2D eigenvalue weighted by Gasteiger charge is 2.11. The molecule has 0 saturated carbocycles. The average molecular weight is 305 g/mol. The highest BCUT2D eigenvalue weighted by atomic mass is 35.5. The molecule has 0 bridgehead atoms. The molecule has 5 heteroatoms. The number of carbonyl (C=O) groups excluding carboxylic acids is 1. The summed E-state index contributed by atoms with van der Waals surface area (Å²) in [4.78, 5) is 12.1. The van der Waals surface area contributed by atoms with Crippen LogP contribution in [-0.4, -0.2) is 5.91 Å². The predicted octanol–water partition coefficient (Wildman–Crippen LogP) is 4.31. The number of benzene rings is 2. The quantitative estimate of drug-likeness (QED) is 0.918. The molecule has 0 saturated heterocycles. The number of hydrogen-bond acceptors (Lipinski definition) is 2. The van der Waals surface area contributed by atoms with Crippen LogP contribution in [0.5, 0.6) is 0 Å². The molecule has 0 fully saturated rings. The van der Waals surface area contributed by atoms with Crippen LogP contribution in [0.3, 0.4) is 0 Å². The van der Waals surface area contributed by atoms with E-state index in [0.717, 1.165) is 5.56 Å². The Bertz CT molecular complexity index is 675. The highest BCUT2D eigenvalue weighted by Crippen LogP contribution is 2.22. The molecule has 0 heterocycles. The van der Waals surface area contributed by atoms with Crippen LogP contribution in [0, 0.1) is 11.3 Å². The molecule has 0 aliphatic rings. The minimum Gasteiger partial charge on any atom is -0.322 e. The summed E-state index contributed by atoms with van der Waals surface area (Å²) in [7, 11) is 0. The van der Waals surface area contributed by atoms with Crippen LogP contribution in [0.15, 0.2) is 42.5 Å². The second kappa shape index (κ2) is 6.42. The fourth-order valence-electron chi connectivity index (χ4n) is 1.67. The Hall–Kier alpha value is -2.02. The van der Waals surface area contributed by atoms with Gasteiger partial charge in [-0.2, -0.15) is 5.26 Å². The van der Waals surface area contributed by atoms with Gasteiger partial charge in [0.15, 0.2) is 0 Å². The van der Waals surface area contributed by atoms with Gasteiger partial charge in [-0.05, 0) is 35.9 Å². The molecule has 0 radical (unpaired) electrons. The summed E-state index contributed by atoms with van der Waals surface area (Å²) in [5.41, 5.74) is 1.85. The van der Waals surface area contributed by atoms with Gasteiger partial charge in [0.05, 0.1) is 23.1 Å². The number of amides is 1. The van der Waals surface area contributed by atoms with Gasteiger partial charge in [-0.15, -0.1) is 0 Å². The predicted molar refractivity (Wildman–Crippen MR) is 80.2 cm³/mol. The molecule has 20 heavy (non-hydrogen) atoms. The third kappa shape index (κ3) is 3.51. The second-order valence-electron chi connectivity index (χ2n) is 4.11. The van der Waals surface area contributed by atoms with Gasteiger partial charge in [-0.25, -0.2) is 0 Å². The van der Waals surface area contributed by atoms with Crippen LogP contribution in [0.2, 0.25) is 10.0 Å². The number of halogens is 2. The van der Waals surface area contributed by atoms with Crippen molar-refractivity contribution in [2.75, 3.05) is 5.32 Å². The largest absolute Gasteiger partial charge is 0.322 e. The maximum atomic E-state index is 12.1. The maximum Gasteiger partial charge on any atom is 0.257 e. The van der Waals surface area contributed by atoms with Crippen LogP contribution in [-0.2, 0) is 6.42 Å². The first kappa shape index (κ1) is 14.4. The summed E-state index contributed by atoms with van der Waals surface area (Å²) < 4.78 is 0. The molecule has 2 aromatic carbocycles. The van der Waals surface area contributed by atoms with Crippen LogP contribution < -0.4 is 5.32 Å². The molecular weight excluding hydrogens is 295 g/mol. The molecule has 100 valence electrons. The topological polar surface area (TPSA) is 52.9 Å². The van der Waals surface area contributed by atoms with Gasteiger partial charge in [0.1, 0.15) is 0 Å². The maximum absolute atomic E-state index is 12.1. The number of nitrogens with zero attached hydrogens (tertiary/aromatic N) is 1. The van der Waals surface area contributed by atoms with Crippen molar-refractivity contribution in [2.45, 2.75) is 6.42 Å². The lowest BCUT2D eigenvalue weighted by Gasteiger charge is -2.07. The third-order valence-corrected chi connectivity index (χ3v) is 3.23. The Morgan fingerprint density at radius 3 is 2.50 bits per heavy atom. The van der Waals surface area contributed by atoms with Crippen LogP contribution in [0.25, 0.3) is 0 Å². The lowest BCUT2D eigenvalue weighted by Crippen LogP contribution is -2.12. The normalized spacial score (nSPS) is 9.85. The minimum absolute atomic E-state index is 0.320. The van der Waals surface area contributed by atoms with E-state index in [-0.39, 0.29) is 5.91 Å². The molecule has 1 N–H and O–H groups in total. The molecule has 1 amide bonds. The van der Waals surface area contributed by atoms with E-state index in [9.17, 15) is 4.79 Å². The van der Waals surface area contributed by atoms with Gasteiger partial charge < -0.3 is 5.32 Å². The first-order chi connectivity index (χ1) is 9.60. The van der Waals surface area contributed by atoms with Crippen molar-refractivity contribution in [3.05, 3.63) is 63.6 Å². The zero-order chi connectivity index (χ0) is 14.5. The van der Waals surface area contributed by atoms with Crippen molar-refractivity contribution in [2.24, 2.45) is 0 Å². The Morgan fingerprint density at radius 2 is 1.85 bits per heavy atom. The van der Waals surface area contributed by atoms with Gasteiger partial charge in [-0.3, -0.25) is 4.79 Å². The SMILES string of the molecule is N#CCc1ccc(NC(=O)c2cc(Cl)ccc2Cl)cc1. The summed E-state index contributed by atoms with van der Waals surface area (Å²) in [6.07, 6.45) is 0.342. The summed E-state index contributed by atoms with van der Waals surface area (Å²) >= 11 is 11.8. The van der Waals surface area contributed by atoms with Crippen LogP contribution >= 0.6 is 23.2 Å². The van der Waals surface area contributed by atoms with Crippen molar-refractivity contribution in [1.29, 1.82) is 5.26 Å². The lowest BCUT2D eigenvalue weighted by molar-refractivity contribution is 0.102. The lowest BCUT2D eigenvalue weighted by atomic mass is 10.1. The summed E-state index contributed by atoms with van der Waals surface area (Å²) in [5, 5.41) is 12.1. The molecule has 3 nitrogen and oxygen atoms in total. The molecule has 0 aliphatic carbocycles. The van der Waals surface area contributed by atoms with E-state index in [1.807, 2.05) is 0 Å². The van der Waals surface area contributed by atoms with Crippen LogP contribution in [0.1, 0.15) is 15.9 Å². The number of nitriles is 1. The fraction of sp³-hybridized carbons (Fsp3) is 0.0667. The summed E-state index contributed by atoms with van der Waals surface area (Å²) in [6.45, 7) is 0. The van der Waals surface area contributed by atoms with Crippen molar-refractivity contribution >= 4 is 34.8 Å². The Morgan fingerprint density at radius 1 is 1.15 bits per heavy atom. The summed E-state index contributed by atoms with van der Waals surface area (Å²) in [6, 6.07) is 13.8. The molecule has 0 aromatic heterocycles. The number of nitrogens with one attached hydrogen (secondary N) is 1. The number of carbonyl (C=O) groups is 1. The van der Waals surface area contributed by atoms with E-state index in [0.29, 0.717) is 27.7 Å². The summed E-state index contributed by atoms with van der Waals surface area (Å²) in [5.74, 6) is -0.328. The Labute approximate surface area is 126 Å². The Balaban J connectivity index is 2.15. The molecule has 0 aliphatic heterocycles. The van der Waals surface area contributed by atoms with Gasteiger partial charge in [0.25, 0.3) is 5.91 Å². The van der Waals surface area contributed by atoms with Gasteiger partial charge in [-0.1, -0.05) is 35.3 Å². The van der Waals surface area contributed by atoms with Crippen molar-refractivity contribution in [1.82, 2.24) is 0 Å². The highest BCUT2D eigenvalue weighted by molar-refractivity contribution is 6.36. The van der Waals surface area contributed by atoms with Crippen molar-refractivity contribution < 1.29 is 4.79 Å². The van der Waals surface area contributed by atoms with E-state index in [1.165, 1.54) is 6.07 Å². The third-order valence-electron chi connectivity index (χ3n) is 2.67. The zero-order valence-corrected chi connectivity index (χ0v) is 11.9. The second-order valence-corrected chi connectivity index (χ2v) is 4.95. The molecule has 2 rings (SSSR count). The first-order valence-corrected chi connectivity index (χ1v) is 6.58. The fourth-order valence-corrected chi connectivity index (χ4v) is 2.04. The smallest absolute Gasteiger partial charge is 0.257 e. The monoisotopic (exact) mass is 304 g/mol. The van der Waals surface area contributed by atoms with E-state index in [2.05, 4.69) is 11.4 Å². The van der Waals surface area contributed by atoms with E-state index in [4.69, 9.17) is 28.5 Å². The Kier molecular flexibility index (Phi) is 4.62. The van der Waals surface area contributed by atoms with Gasteiger partial charge in [0.2, 0.25) is 0 Å².